The van der Waals surface area contributed by atoms with E-state index in [9.17, 15) is 4.79 Å². The first-order valence-electron chi connectivity index (χ1n) is 8.56. The molecule has 0 radical (unpaired) electrons. The Morgan fingerprint density at radius 2 is 1.78 bits per heavy atom. The second-order valence-corrected chi connectivity index (χ2v) is 7.04. The van der Waals surface area contributed by atoms with Gasteiger partial charge in [0.05, 0.1) is 25.6 Å². The maximum absolute atomic E-state index is 12.6. The summed E-state index contributed by atoms with van der Waals surface area (Å²) in [4.78, 5) is 12.6. The fourth-order valence-electron chi connectivity index (χ4n) is 3.29. The van der Waals surface area contributed by atoms with E-state index in [2.05, 4.69) is 7.05 Å². The van der Waals surface area contributed by atoms with Crippen molar-refractivity contribution in [2.45, 2.75) is 44.9 Å². The molecule has 0 amide bonds. The summed E-state index contributed by atoms with van der Waals surface area (Å²) >= 11 is 0. The van der Waals surface area contributed by atoms with Crippen LogP contribution in [-0.4, -0.2) is 43.7 Å². The number of nitrogens with zero attached hydrogens (tertiary/aromatic N) is 1. The monoisotopic (exact) mass is 431 g/mol. The lowest BCUT2D eigenvalue weighted by Gasteiger charge is -2.37. The van der Waals surface area contributed by atoms with E-state index in [0.29, 0.717) is 6.61 Å². The van der Waals surface area contributed by atoms with Gasteiger partial charge in [-0.15, -0.1) is 0 Å². The minimum atomic E-state index is -0.540. The number of ether oxygens (including phenoxy) is 1. The summed E-state index contributed by atoms with van der Waals surface area (Å²) in [6.45, 7) is 7.91. The molecule has 1 unspecified atom stereocenters. The highest BCUT2D eigenvalue weighted by Gasteiger charge is 2.35. The normalized spacial score (nSPS) is 19.3. The standard InChI is InChI=1S/C19H30NO2.HI/c1-4-19(2,17-11-7-5-8-12-17)18(21)22-16-15-20(3)13-9-6-10-14-20;/h5,7-8,11-12H,4,6,9-10,13-16H2,1-3H3;1H/q+1;/p-1. The minimum absolute atomic E-state index is 0. The molecule has 3 nitrogen and oxygen atoms in total. The third-order valence-corrected chi connectivity index (χ3v) is 5.33. The zero-order valence-electron chi connectivity index (χ0n) is 14.7. The average molecular weight is 431 g/mol. The molecule has 1 heterocycles. The molecule has 0 bridgehead atoms. The molecule has 0 spiro atoms. The number of hydrogen-bond donors (Lipinski definition) is 0. The van der Waals surface area contributed by atoms with Crippen molar-refractivity contribution < 1.29 is 38.0 Å². The lowest BCUT2D eigenvalue weighted by Crippen LogP contribution is -3.00. The van der Waals surface area contributed by atoms with Gasteiger partial charge in [-0.25, -0.2) is 0 Å². The number of quaternary nitrogens is 1. The lowest BCUT2D eigenvalue weighted by atomic mass is 9.80. The second-order valence-electron chi connectivity index (χ2n) is 7.04. The predicted octanol–water partition coefficient (Wildman–Crippen LogP) is 0.532. The number of halogens is 1. The van der Waals surface area contributed by atoms with Crippen LogP contribution in [0.25, 0.3) is 0 Å². The molecule has 0 aromatic heterocycles. The predicted molar refractivity (Wildman–Crippen MR) is 89.7 cm³/mol. The van der Waals surface area contributed by atoms with Crippen LogP contribution in [0.15, 0.2) is 30.3 Å². The Kier molecular flexibility index (Phi) is 8.01. The first kappa shape index (κ1) is 20.4. The highest BCUT2D eigenvalue weighted by molar-refractivity contribution is 5.82. The molecule has 1 aromatic rings. The number of likely N-dealkylation sites (N-methyl/N-ethyl adjacent to an activating group) is 1. The highest BCUT2D eigenvalue weighted by Crippen LogP contribution is 2.29. The summed E-state index contributed by atoms with van der Waals surface area (Å²) in [6.07, 6.45) is 4.68. The van der Waals surface area contributed by atoms with Crippen LogP contribution in [-0.2, 0) is 14.9 Å². The van der Waals surface area contributed by atoms with Gasteiger partial charge < -0.3 is 33.2 Å². The molecule has 130 valence electrons. The molecule has 1 aliphatic heterocycles. The molecule has 23 heavy (non-hydrogen) atoms. The first-order valence-corrected chi connectivity index (χ1v) is 8.56. The molecule has 4 heteroatoms. The molecule has 1 atom stereocenters. The molecule has 1 saturated heterocycles. The van der Waals surface area contributed by atoms with Gasteiger partial charge in [-0.05, 0) is 38.2 Å². The number of carbonyl (C=O) groups is 1. The topological polar surface area (TPSA) is 26.3 Å². The molecular weight excluding hydrogens is 401 g/mol. The van der Waals surface area contributed by atoms with Crippen molar-refractivity contribution in [3.63, 3.8) is 0 Å². The van der Waals surface area contributed by atoms with E-state index < -0.39 is 5.41 Å². The Bertz CT molecular complexity index is 485. The first-order chi connectivity index (χ1) is 10.5. The summed E-state index contributed by atoms with van der Waals surface area (Å²) in [7, 11) is 2.28. The Morgan fingerprint density at radius 3 is 2.35 bits per heavy atom. The van der Waals surface area contributed by atoms with Gasteiger partial charge in [0.25, 0.3) is 0 Å². The van der Waals surface area contributed by atoms with Crippen molar-refractivity contribution in [1.29, 1.82) is 0 Å². The fraction of sp³-hybridized carbons (Fsp3) is 0.632. The minimum Gasteiger partial charge on any atom is -1.00 e. The molecule has 0 saturated carbocycles. The van der Waals surface area contributed by atoms with E-state index in [-0.39, 0.29) is 29.9 Å². The quantitative estimate of drug-likeness (QED) is 0.373. The molecule has 0 N–H and O–H groups in total. The zero-order chi connectivity index (χ0) is 16.1. The number of esters is 1. The number of benzene rings is 1. The second kappa shape index (κ2) is 9.02. The van der Waals surface area contributed by atoms with Crippen molar-refractivity contribution >= 4 is 5.97 Å². The van der Waals surface area contributed by atoms with Gasteiger partial charge in [0.1, 0.15) is 13.2 Å². The average Bonchev–Trinajstić information content (AvgIpc) is 2.55. The summed E-state index contributed by atoms with van der Waals surface area (Å²) in [5.74, 6) is -0.0928. The van der Waals surface area contributed by atoms with Crippen LogP contribution < -0.4 is 24.0 Å². The molecule has 1 fully saturated rings. The van der Waals surface area contributed by atoms with Crippen LogP contribution in [0.4, 0.5) is 0 Å². The van der Waals surface area contributed by atoms with E-state index in [1.165, 1.54) is 32.4 Å². The lowest BCUT2D eigenvalue weighted by molar-refractivity contribution is -0.914. The number of likely N-dealkylation sites (tertiary alicyclic amines) is 1. The van der Waals surface area contributed by atoms with Crippen molar-refractivity contribution in [3.8, 4) is 0 Å². The fourth-order valence-corrected chi connectivity index (χ4v) is 3.29. The van der Waals surface area contributed by atoms with Gasteiger partial charge in [0, 0.05) is 0 Å². The summed E-state index contributed by atoms with van der Waals surface area (Å²) in [5, 5.41) is 0. The van der Waals surface area contributed by atoms with E-state index in [4.69, 9.17) is 4.74 Å². The van der Waals surface area contributed by atoms with Gasteiger partial charge in [-0.1, -0.05) is 37.3 Å². The molecular formula is C19H30INO2. The Balaban J connectivity index is 0.00000264. The van der Waals surface area contributed by atoms with E-state index in [0.717, 1.165) is 23.0 Å². The Labute approximate surface area is 158 Å². The van der Waals surface area contributed by atoms with E-state index >= 15 is 0 Å². The maximum Gasteiger partial charge on any atom is 0.316 e. The van der Waals surface area contributed by atoms with Gasteiger partial charge >= 0.3 is 5.97 Å². The highest BCUT2D eigenvalue weighted by atomic mass is 127. The molecule has 1 aromatic carbocycles. The van der Waals surface area contributed by atoms with Crippen LogP contribution in [0.2, 0.25) is 0 Å². The summed E-state index contributed by atoms with van der Waals surface area (Å²) < 4.78 is 6.71. The van der Waals surface area contributed by atoms with Crippen molar-refractivity contribution in [2.75, 3.05) is 33.3 Å². The Morgan fingerprint density at radius 1 is 1.17 bits per heavy atom. The largest absolute Gasteiger partial charge is 1.00 e. The zero-order valence-corrected chi connectivity index (χ0v) is 16.8. The Hall–Kier alpha value is -0.620. The van der Waals surface area contributed by atoms with Crippen molar-refractivity contribution in [3.05, 3.63) is 35.9 Å². The van der Waals surface area contributed by atoms with Gasteiger partial charge in [0.15, 0.2) is 0 Å². The molecule has 1 aliphatic rings. The van der Waals surface area contributed by atoms with Crippen molar-refractivity contribution in [2.24, 2.45) is 0 Å². The van der Waals surface area contributed by atoms with E-state index in [1.54, 1.807) is 0 Å². The molecule has 0 aliphatic carbocycles. The molecule has 2 rings (SSSR count). The van der Waals surface area contributed by atoms with Crippen LogP contribution in [0.1, 0.15) is 45.1 Å². The van der Waals surface area contributed by atoms with Gasteiger partial charge in [-0.2, -0.15) is 0 Å². The maximum atomic E-state index is 12.6. The number of hydrogen-bond acceptors (Lipinski definition) is 2. The van der Waals surface area contributed by atoms with Gasteiger partial charge in [-0.3, -0.25) is 4.79 Å². The van der Waals surface area contributed by atoms with E-state index in [1.807, 2.05) is 44.2 Å². The number of rotatable bonds is 6. The number of piperidine rings is 1. The SMILES string of the molecule is CCC(C)(C(=O)OCC[N+]1(C)CCCCC1)c1ccccc1.[I-]. The smallest absolute Gasteiger partial charge is 0.316 e. The summed E-state index contributed by atoms with van der Waals surface area (Å²) in [5.41, 5.74) is 0.503. The summed E-state index contributed by atoms with van der Waals surface area (Å²) in [6, 6.07) is 9.98. The van der Waals surface area contributed by atoms with Crippen LogP contribution in [0.5, 0.6) is 0 Å². The third-order valence-electron chi connectivity index (χ3n) is 5.33. The van der Waals surface area contributed by atoms with Crippen molar-refractivity contribution in [1.82, 2.24) is 0 Å². The van der Waals surface area contributed by atoms with Crippen LogP contribution >= 0.6 is 0 Å². The third kappa shape index (κ3) is 5.18. The number of carbonyl (C=O) groups excluding carboxylic acids is 1. The van der Waals surface area contributed by atoms with Crippen LogP contribution in [0, 0.1) is 0 Å². The van der Waals surface area contributed by atoms with Gasteiger partial charge in [0.2, 0.25) is 0 Å². The van der Waals surface area contributed by atoms with Crippen LogP contribution in [0.3, 0.4) is 0 Å².